The van der Waals surface area contributed by atoms with E-state index in [1.165, 1.54) is 77.0 Å². The van der Waals surface area contributed by atoms with Crippen LogP contribution >= 0.6 is 0 Å². The van der Waals surface area contributed by atoms with Crippen LogP contribution in [-0.4, -0.2) is 11.7 Å². The van der Waals surface area contributed by atoms with Crippen LogP contribution in [0.4, 0.5) is 0 Å². The first kappa shape index (κ1) is 16.8. The summed E-state index contributed by atoms with van der Waals surface area (Å²) in [6.07, 6.45) is 24.4. The maximum absolute atomic E-state index is 9.13. The third-order valence-corrected chi connectivity index (χ3v) is 5.42. The minimum absolute atomic E-state index is 0.367. The topological polar surface area (TPSA) is 20.2 Å². The molecule has 120 valence electrons. The Balaban J connectivity index is 1.68. The standard InChI is InChI=1S/C20H34O/c21-17-9-16-20(19-13-5-2-6-14-19)15-8-7-12-18-10-3-1-4-11-18/h2,5,10,19-21H,1,3-4,6-9,11-17H2. The number of allylic oxidation sites excluding steroid dienone is 4. The molecule has 0 aromatic heterocycles. The van der Waals surface area contributed by atoms with Gasteiger partial charge in [-0.2, -0.15) is 0 Å². The van der Waals surface area contributed by atoms with Crippen LogP contribution in [0.3, 0.4) is 0 Å². The molecule has 2 aliphatic carbocycles. The summed E-state index contributed by atoms with van der Waals surface area (Å²) in [5.74, 6) is 1.73. The van der Waals surface area contributed by atoms with Crippen LogP contribution in [0, 0.1) is 11.8 Å². The molecule has 2 unspecified atom stereocenters. The van der Waals surface area contributed by atoms with Crippen molar-refractivity contribution in [3.05, 3.63) is 23.8 Å². The van der Waals surface area contributed by atoms with E-state index in [0.717, 1.165) is 18.3 Å². The van der Waals surface area contributed by atoms with Gasteiger partial charge in [-0.25, -0.2) is 0 Å². The zero-order valence-corrected chi connectivity index (χ0v) is 13.7. The van der Waals surface area contributed by atoms with E-state index in [0.29, 0.717) is 6.61 Å². The summed E-state index contributed by atoms with van der Waals surface area (Å²) < 4.78 is 0. The quantitative estimate of drug-likeness (QED) is 0.421. The fraction of sp³-hybridized carbons (Fsp3) is 0.800. The molecule has 0 aliphatic heterocycles. The number of hydrogen-bond acceptors (Lipinski definition) is 1. The summed E-state index contributed by atoms with van der Waals surface area (Å²) in [5, 5.41) is 9.13. The molecule has 21 heavy (non-hydrogen) atoms. The second-order valence-corrected chi connectivity index (χ2v) is 7.02. The average Bonchev–Trinajstić information content (AvgIpc) is 2.56. The highest BCUT2D eigenvalue weighted by atomic mass is 16.2. The van der Waals surface area contributed by atoms with Crippen molar-refractivity contribution >= 4 is 0 Å². The number of aliphatic hydroxyl groups is 1. The van der Waals surface area contributed by atoms with Gasteiger partial charge in [0.2, 0.25) is 0 Å². The average molecular weight is 290 g/mol. The summed E-state index contributed by atoms with van der Waals surface area (Å²) in [7, 11) is 0. The fourth-order valence-corrected chi connectivity index (χ4v) is 4.10. The van der Waals surface area contributed by atoms with Gasteiger partial charge in [0.15, 0.2) is 0 Å². The second kappa shape index (κ2) is 10.2. The zero-order valence-electron chi connectivity index (χ0n) is 13.7. The van der Waals surface area contributed by atoms with Crippen molar-refractivity contribution in [2.24, 2.45) is 11.8 Å². The van der Waals surface area contributed by atoms with Crippen molar-refractivity contribution in [3.63, 3.8) is 0 Å². The van der Waals surface area contributed by atoms with Crippen LogP contribution in [0.25, 0.3) is 0 Å². The first-order valence-corrected chi connectivity index (χ1v) is 9.34. The number of aliphatic hydroxyl groups excluding tert-OH is 1. The van der Waals surface area contributed by atoms with Crippen molar-refractivity contribution < 1.29 is 5.11 Å². The summed E-state index contributed by atoms with van der Waals surface area (Å²) >= 11 is 0. The van der Waals surface area contributed by atoms with E-state index >= 15 is 0 Å². The van der Waals surface area contributed by atoms with Gasteiger partial charge in [-0.1, -0.05) is 36.6 Å². The Morgan fingerprint density at radius 1 is 1.05 bits per heavy atom. The van der Waals surface area contributed by atoms with E-state index in [1.807, 2.05) is 0 Å². The fourth-order valence-electron chi connectivity index (χ4n) is 4.10. The number of rotatable bonds is 9. The van der Waals surface area contributed by atoms with Crippen LogP contribution in [-0.2, 0) is 0 Å². The van der Waals surface area contributed by atoms with Crippen LogP contribution in [0.2, 0.25) is 0 Å². The molecule has 0 amide bonds. The van der Waals surface area contributed by atoms with Crippen molar-refractivity contribution in [2.45, 2.75) is 83.5 Å². The molecular formula is C20H34O. The van der Waals surface area contributed by atoms with E-state index in [-0.39, 0.29) is 0 Å². The van der Waals surface area contributed by atoms with Gasteiger partial charge in [-0.05, 0) is 82.5 Å². The predicted molar refractivity (Wildman–Crippen MR) is 91.3 cm³/mol. The molecule has 1 N–H and O–H groups in total. The molecule has 0 saturated heterocycles. The molecule has 0 bridgehead atoms. The van der Waals surface area contributed by atoms with E-state index in [4.69, 9.17) is 5.11 Å². The van der Waals surface area contributed by atoms with E-state index < -0.39 is 0 Å². The molecule has 2 atom stereocenters. The molecule has 2 rings (SSSR count). The van der Waals surface area contributed by atoms with E-state index in [9.17, 15) is 0 Å². The van der Waals surface area contributed by atoms with Crippen LogP contribution < -0.4 is 0 Å². The molecule has 1 nitrogen and oxygen atoms in total. The summed E-state index contributed by atoms with van der Waals surface area (Å²) in [6, 6.07) is 0. The van der Waals surface area contributed by atoms with Gasteiger partial charge in [0.1, 0.15) is 0 Å². The van der Waals surface area contributed by atoms with Crippen LogP contribution in [0.1, 0.15) is 83.5 Å². The van der Waals surface area contributed by atoms with Gasteiger partial charge < -0.3 is 5.11 Å². The monoisotopic (exact) mass is 290 g/mol. The maximum atomic E-state index is 9.13. The third-order valence-electron chi connectivity index (χ3n) is 5.42. The van der Waals surface area contributed by atoms with E-state index in [2.05, 4.69) is 18.2 Å². The first-order valence-electron chi connectivity index (χ1n) is 9.34. The van der Waals surface area contributed by atoms with E-state index in [1.54, 1.807) is 5.57 Å². The van der Waals surface area contributed by atoms with Crippen molar-refractivity contribution in [3.8, 4) is 0 Å². The Hall–Kier alpha value is -0.560. The van der Waals surface area contributed by atoms with Gasteiger partial charge >= 0.3 is 0 Å². The molecule has 0 spiro atoms. The van der Waals surface area contributed by atoms with Gasteiger partial charge in [-0.15, -0.1) is 0 Å². The largest absolute Gasteiger partial charge is 0.396 e. The normalized spacial score (nSPS) is 23.9. The highest BCUT2D eigenvalue weighted by Crippen LogP contribution is 2.33. The summed E-state index contributed by atoms with van der Waals surface area (Å²) in [4.78, 5) is 0. The molecule has 0 radical (unpaired) electrons. The minimum Gasteiger partial charge on any atom is -0.396 e. The molecule has 0 aromatic rings. The Bertz CT molecular complexity index is 329. The first-order chi connectivity index (χ1) is 10.4. The van der Waals surface area contributed by atoms with Gasteiger partial charge in [-0.3, -0.25) is 0 Å². The lowest BCUT2D eigenvalue weighted by Gasteiger charge is -2.28. The van der Waals surface area contributed by atoms with Gasteiger partial charge in [0.25, 0.3) is 0 Å². The SMILES string of the molecule is OCCCC(CCCCC1=CCCCC1)C1CC=CCC1. The van der Waals surface area contributed by atoms with Crippen molar-refractivity contribution in [1.82, 2.24) is 0 Å². The molecule has 0 aromatic carbocycles. The Morgan fingerprint density at radius 3 is 2.67 bits per heavy atom. The minimum atomic E-state index is 0.367. The lowest BCUT2D eigenvalue weighted by molar-refractivity contribution is 0.225. The summed E-state index contributed by atoms with van der Waals surface area (Å²) in [6.45, 7) is 0.367. The highest BCUT2D eigenvalue weighted by molar-refractivity contribution is 5.04. The van der Waals surface area contributed by atoms with Gasteiger partial charge in [0, 0.05) is 6.61 Å². The van der Waals surface area contributed by atoms with Crippen molar-refractivity contribution in [2.75, 3.05) is 6.61 Å². The number of hydrogen-bond donors (Lipinski definition) is 1. The molecular weight excluding hydrogens is 256 g/mol. The zero-order chi connectivity index (χ0) is 14.8. The molecule has 1 heteroatoms. The van der Waals surface area contributed by atoms with Crippen molar-refractivity contribution in [1.29, 1.82) is 0 Å². The molecule has 0 heterocycles. The predicted octanol–water partition coefficient (Wildman–Crippen LogP) is 5.79. The lowest BCUT2D eigenvalue weighted by Crippen LogP contribution is -2.17. The molecule has 0 fully saturated rings. The number of unbranched alkanes of at least 4 members (excludes halogenated alkanes) is 1. The van der Waals surface area contributed by atoms with Gasteiger partial charge in [0.05, 0.1) is 0 Å². The molecule has 2 aliphatic rings. The smallest absolute Gasteiger partial charge is 0.0431 e. The Kier molecular flexibility index (Phi) is 8.17. The summed E-state index contributed by atoms with van der Waals surface area (Å²) in [5.41, 5.74) is 1.73. The Morgan fingerprint density at radius 2 is 1.95 bits per heavy atom. The highest BCUT2D eigenvalue weighted by Gasteiger charge is 2.21. The second-order valence-electron chi connectivity index (χ2n) is 7.02. The maximum Gasteiger partial charge on any atom is 0.0431 e. The third kappa shape index (κ3) is 6.38. The lowest BCUT2D eigenvalue weighted by atomic mass is 9.78. The van der Waals surface area contributed by atoms with Crippen LogP contribution in [0.5, 0.6) is 0 Å². The van der Waals surface area contributed by atoms with Crippen LogP contribution in [0.15, 0.2) is 23.8 Å². The Labute approximate surface area is 131 Å². The molecule has 0 saturated carbocycles.